The number of rotatable bonds is 2. The van der Waals surface area contributed by atoms with Gasteiger partial charge in [-0.1, -0.05) is 17.7 Å². The minimum atomic E-state index is -7.98. The van der Waals surface area contributed by atoms with Crippen LogP contribution in [0, 0.1) is 6.92 Å². The van der Waals surface area contributed by atoms with Crippen molar-refractivity contribution in [3.05, 3.63) is 29.8 Å². The molecule has 1 aromatic carbocycles. The van der Waals surface area contributed by atoms with Crippen LogP contribution in [0.25, 0.3) is 0 Å². The quantitative estimate of drug-likeness (QED) is 0.638. The summed E-state index contributed by atoms with van der Waals surface area (Å²) >= 11 is 0. The first kappa shape index (κ1) is 11.4. The molecular formula is C9H12F4S. The lowest BCUT2D eigenvalue weighted by Crippen LogP contribution is -2.16. The fourth-order valence-corrected chi connectivity index (χ4v) is 2.08. The number of hydrogen-bond donors (Lipinski definition) is 0. The largest absolute Gasteiger partial charge is 0.186 e. The van der Waals surface area contributed by atoms with E-state index in [-0.39, 0.29) is 0 Å². The Bertz CT molecular complexity index is 347. The van der Waals surface area contributed by atoms with E-state index >= 15 is 0 Å². The fourth-order valence-electron chi connectivity index (χ4n) is 1.01. The third-order valence-corrected chi connectivity index (χ3v) is 4.60. The van der Waals surface area contributed by atoms with Gasteiger partial charge in [0.25, 0.3) is 0 Å². The van der Waals surface area contributed by atoms with Gasteiger partial charge in [-0.2, -0.15) is 0 Å². The van der Waals surface area contributed by atoms with Gasteiger partial charge in [-0.05, 0) is 26.0 Å². The summed E-state index contributed by atoms with van der Waals surface area (Å²) in [5.41, 5.74) is 0.679. The van der Waals surface area contributed by atoms with Crippen molar-refractivity contribution >= 4 is 9.84 Å². The Morgan fingerprint density at radius 1 is 1.00 bits per heavy atom. The average molecular weight is 228 g/mol. The smallest absolute Gasteiger partial charge is 0.120 e. The third-order valence-electron chi connectivity index (χ3n) is 2.12. The summed E-state index contributed by atoms with van der Waals surface area (Å²) in [6, 6.07) is 4.15. The molecule has 1 aromatic rings. The van der Waals surface area contributed by atoms with E-state index in [1.807, 2.05) is 0 Å². The lowest BCUT2D eigenvalue weighted by molar-refractivity contribution is 0.447. The van der Waals surface area contributed by atoms with Gasteiger partial charge in [-0.25, -0.2) is 0 Å². The fraction of sp³-hybridized carbons (Fsp3) is 0.333. The van der Waals surface area contributed by atoms with Crippen LogP contribution in [0.4, 0.5) is 15.5 Å². The summed E-state index contributed by atoms with van der Waals surface area (Å²) in [6.07, 6.45) is 0. The molecule has 0 N–H and O–H groups in total. The normalized spacial score (nSPS) is 17.3. The van der Waals surface area contributed by atoms with E-state index < -0.39 is 20.5 Å². The van der Waals surface area contributed by atoms with Gasteiger partial charge in [-0.15, -0.1) is 15.5 Å². The highest BCUT2D eigenvalue weighted by molar-refractivity contribution is 8.49. The van der Waals surface area contributed by atoms with E-state index in [9.17, 15) is 15.5 Å². The van der Waals surface area contributed by atoms with E-state index in [0.29, 0.717) is 5.56 Å². The van der Waals surface area contributed by atoms with Crippen molar-refractivity contribution in [1.82, 2.24) is 0 Å². The van der Waals surface area contributed by atoms with Gasteiger partial charge < -0.3 is 0 Å². The van der Waals surface area contributed by atoms with E-state index in [1.54, 1.807) is 6.92 Å². The Balaban J connectivity index is 3.37. The second-order valence-corrected chi connectivity index (χ2v) is 6.87. The van der Waals surface area contributed by atoms with Crippen LogP contribution in [0.5, 0.6) is 0 Å². The third kappa shape index (κ3) is 2.03. The minimum Gasteiger partial charge on any atom is -0.120 e. The van der Waals surface area contributed by atoms with Crippen molar-refractivity contribution in [2.24, 2.45) is 0 Å². The van der Waals surface area contributed by atoms with Gasteiger partial charge in [0.05, 0.1) is 10.6 Å². The Morgan fingerprint density at radius 3 is 1.79 bits per heavy atom. The molecule has 0 amide bonds. The highest BCUT2D eigenvalue weighted by atomic mass is 32.5. The molecule has 0 aliphatic rings. The monoisotopic (exact) mass is 228 g/mol. The molecule has 14 heavy (non-hydrogen) atoms. The summed E-state index contributed by atoms with van der Waals surface area (Å²) in [6.45, 7) is 2.46. The van der Waals surface area contributed by atoms with Gasteiger partial charge in [-0.3, -0.25) is 0 Å². The molecular weight excluding hydrogens is 216 g/mol. The van der Waals surface area contributed by atoms with Crippen LogP contribution < -0.4 is 0 Å². The standard InChI is InChI=1S/C9H12F4S/c1-3-14(10,11,12,13)9-6-4-8(2)5-7-9/h4-7H,3H2,1-2H3. The molecule has 0 unspecified atom stereocenters. The molecule has 0 spiro atoms. The average Bonchev–Trinajstić information content (AvgIpc) is 2.04. The molecule has 0 aliphatic heterocycles. The Hall–Kier alpha value is -0.710. The summed E-state index contributed by atoms with van der Waals surface area (Å²) in [5.74, 6) is -1.43. The number of benzene rings is 1. The highest BCUT2D eigenvalue weighted by Gasteiger charge is 2.62. The topological polar surface area (TPSA) is 0 Å². The molecule has 0 heterocycles. The molecule has 0 saturated carbocycles. The second-order valence-electron chi connectivity index (χ2n) is 3.34. The maximum Gasteiger partial charge on any atom is 0.186 e. The second kappa shape index (κ2) is 2.45. The number of aryl methyl sites for hydroxylation is 1. The van der Waals surface area contributed by atoms with Gasteiger partial charge in [0.15, 0.2) is 9.84 Å². The zero-order valence-corrected chi connectivity index (χ0v) is 8.75. The van der Waals surface area contributed by atoms with Crippen molar-refractivity contribution in [3.8, 4) is 0 Å². The van der Waals surface area contributed by atoms with Crippen molar-refractivity contribution in [2.75, 3.05) is 5.75 Å². The summed E-state index contributed by atoms with van der Waals surface area (Å²) in [4.78, 5) is -1.14. The van der Waals surface area contributed by atoms with Crippen LogP contribution in [-0.4, -0.2) is 5.75 Å². The zero-order valence-electron chi connectivity index (χ0n) is 7.94. The van der Waals surface area contributed by atoms with Crippen LogP contribution in [-0.2, 0) is 0 Å². The van der Waals surface area contributed by atoms with Crippen LogP contribution in [0.1, 0.15) is 12.5 Å². The maximum absolute atomic E-state index is 13.2. The lowest BCUT2D eigenvalue weighted by atomic mass is 10.2. The lowest BCUT2D eigenvalue weighted by Gasteiger charge is -2.49. The van der Waals surface area contributed by atoms with Crippen molar-refractivity contribution < 1.29 is 15.5 Å². The molecule has 1 rings (SSSR count). The molecule has 0 aromatic heterocycles. The van der Waals surface area contributed by atoms with Crippen molar-refractivity contribution in [1.29, 1.82) is 0 Å². The first-order valence-electron chi connectivity index (χ1n) is 4.14. The molecule has 0 bridgehead atoms. The highest BCUT2D eigenvalue weighted by Crippen LogP contribution is 3.00. The molecule has 5 heteroatoms. The van der Waals surface area contributed by atoms with E-state index in [1.165, 1.54) is 12.1 Å². The van der Waals surface area contributed by atoms with Crippen molar-refractivity contribution in [3.63, 3.8) is 0 Å². The summed E-state index contributed by atoms with van der Waals surface area (Å²) in [5, 5.41) is 0. The van der Waals surface area contributed by atoms with Crippen LogP contribution in [0.3, 0.4) is 0 Å². The molecule has 0 saturated heterocycles. The van der Waals surface area contributed by atoms with Crippen molar-refractivity contribution in [2.45, 2.75) is 18.7 Å². The van der Waals surface area contributed by atoms with E-state index in [0.717, 1.165) is 19.1 Å². The Kier molecular flexibility index (Phi) is 1.99. The van der Waals surface area contributed by atoms with Crippen LogP contribution >= 0.6 is 9.84 Å². The molecule has 0 nitrogen and oxygen atoms in total. The zero-order chi connectivity index (χ0) is 11.1. The first-order valence-corrected chi connectivity index (χ1v) is 6.36. The first-order chi connectivity index (χ1) is 6.07. The number of hydrogen-bond acceptors (Lipinski definition) is 0. The number of halogens is 4. The van der Waals surface area contributed by atoms with Gasteiger partial charge >= 0.3 is 0 Å². The SMILES string of the molecule is CCS(F)(F)(F)(F)c1ccc(C)cc1. The van der Waals surface area contributed by atoms with Crippen LogP contribution in [0.2, 0.25) is 0 Å². The molecule has 82 valence electrons. The summed E-state index contributed by atoms with van der Waals surface area (Å²) in [7, 11) is -7.98. The molecule has 0 aliphatic carbocycles. The van der Waals surface area contributed by atoms with Gasteiger partial charge in [0.2, 0.25) is 0 Å². The van der Waals surface area contributed by atoms with E-state index in [4.69, 9.17) is 0 Å². The van der Waals surface area contributed by atoms with Gasteiger partial charge in [0.1, 0.15) is 0 Å². The van der Waals surface area contributed by atoms with Gasteiger partial charge in [0, 0.05) is 0 Å². The predicted octanol–water partition coefficient (Wildman–Crippen LogP) is 4.79. The molecule has 0 radical (unpaired) electrons. The molecule has 0 fully saturated rings. The van der Waals surface area contributed by atoms with E-state index in [2.05, 4.69) is 0 Å². The van der Waals surface area contributed by atoms with Crippen LogP contribution in [0.15, 0.2) is 29.2 Å². The Morgan fingerprint density at radius 2 is 1.43 bits per heavy atom. The summed E-state index contributed by atoms with van der Waals surface area (Å²) < 4.78 is 52.7. The Labute approximate surface area is 80.4 Å². The molecule has 0 atom stereocenters. The minimum absolute atomic E-state index is 0.679. The maximum atomic E-state index is 13.2. The predicted molar refractivity (Wildman–Crippen MR) is 52.0 cm³/mol.